The molecule has 5 nitrogen and oxygen atoms in total. The summed E-state index contributed by atoms with van der Waals surface area (Å²) in [4.78, 5) is 43.3. The Hall–Kier alpha value is -2.11. The number of halogens is 2. The minimum absolute atomic E-state index is 0.0918. The minimum atomic E-state index is -0.515. The first kappa shape index (κ1) is 16.3. The van der Waals surface area contributed by atoms with Gasteiger partial charge in [-0.1, -0.05) is 23.2 Å². The van der Waals surface area contributed by atoms with Crippen LogP contribution in [0.25, 0.3) is 0 Å². The highest BCUT2D eigenvalue weighted by molar-refractivity contribution is 6.31. The number of carbonyl (C=O) groups is 3. The fourth-order valence-electron chi connectivity index (χ4n) is 1.72. The molecule has 112 valence electrons. The van der Waals surface area contributed by atoms with Crippen molar-refractivity contribution in [1.29, 1.82) is 0 Å². The third kappa shape index (κ3) is 4.44. The van der Waals surface area contributed by atoms with Crippen LogP contribution in [0.5, 0.6) is 0 Å². The highest BCUT2D eigenvalue weighted by atomic mass is 35.5. The number of hydrogen-bond donors (Lipinski definition) is 0. The molecule has 2 rings (SSSR count). The first-order chi connectivity index (χ1) is 10.5. The van der Waals surface area contributed by atoms with Crippen LogP contribution >= 0.6 is 23.2 Å². The van der Waals surface area contributed by atoms with Gasteiger partial charge in [0.2, 0.25) is 0 Å². The standard InChI is InChI=1S/C15H10Cl2N2O3/c16-9-1-3-18-12(5-9)14(21)7-11(20)8-15(22)13-6-10(17)2-4-19-13/h1-6H,7-8H2. The molecule has 0 aliphatic rings. The van der Waals surface area contributed by atoms with E-state index in [1.807, 2.05) is 0 Å². The first-order valence-corrected chi connectivity index (χ1v) is 7.02. The van der Waals surface area contributed by atoms with E-state index in [1.54, 1.807) is 0 Å². The van der Waals surface area contributed by atoms with Gasteiger partial charge in [0, 0.05) is 22.4 Å². The number of hydrogen-bond acceptors (Lipinski definition) is 5. The van der Waals surface area contributed by atoms with Crippen LogP contribution in [0.2, 0.25) is 10.0 Å². The van der Waals surface area contributed by atoms with Crippen molar-refractivity contribution in [2.45, 2.75) is 12.8 Å². The summed E-state index contributed by atoms with van der Waals surface area (Å²) < 4.78 is 0. The Bertz CT molecular complexity index is 686. The Kier molecular flexibility index (Phi) is 5.35. The van der Waals surface area contributed by atoms with Crippen LogP contribution in [0.15, 0.2) is 36.7 Å². The van der Waals surface area contributed by atoms with E-state index < -0.39 is 30.2 Å². The summed E-state index contributed by atoms with van der Waals surface area (Å²) in [5.74, 6) is -1.49. The maximum Gasteiger partial charge on any atom is 0.188 e. The molecule has 22 heavy (non-hydrogen) atoms. The summed E-state index contributed by atoms with van der Waals surface area (Å²) >= 11 is 11.5. The summed E-state index contributed by atoms with van der Waals surface area (Å²) in [6, 6.07) is 5.79. The number of ketones is 3. The molecule has 0 atom stereocenters. The molecule has 0 radical (unpaired) electrons. The lowest BCUT2D eigenvalue weighted by Gasteiger charge is -2.01. The van der Waals surface area contributed by atoms with Crippen molar-refractivity contribution < 1.29 is 14.4 Å². The van der Waals surface area contributed by atoms with Crippen LogP contribution in [0.1, 0.15) is 33.8 Å². The van der Waals surface area contributed by atoms with Gasteiger partial charge in [0.25, 0.3) is 0 Å². The second-order valence-electron chi connectivity index (χ2n) is 4.46. The van der Waals surface area contributed by atoms with Crippen LogP contribution < -0.4 is 0 Å². The minimum Gasteiger partial charge on any atom is -0.299 e. The topological polar surface area (TPSA) is 77.0 Å². The van der Waals surface area contributed by atoms with Crippen molar-refractivity contribution in [3.05, 3.63) is 58.1 Å². The summed E-state index contributed by atoms with van der Waals surface area (Å²) in [5, 5.41) is 0.704. The number of nitrogens with zero attached hydrogens (tertiary/aromatic N) is 2. The van der Waals surface area contributed by atoms with Gasteiger partial charge in [-0.25, -0.2) is 0 Å². The second-order valence-corrected chi connectivity index (χ2v) is 5.33. The lowest BCUT2D eigenvalue weighted by atomic mass is 10.1. The van der Waals surface area contributed by atoms with Crippen LogP contribution in [-0.4, -0.2) is 27.3 Å². The fourth-order valence-corrected chi connectivity index (χ4v) is 2.04. The van der Waals surface area contributed by atoms with Gasteiger partial charge in [0.1, 0.15) is 17.2 Å². The molecule has 2 aromatic heterocycles. The Labute approximate surface area is 136 Å². The third-order valence-electron chi connectivity index (χ3n) is 2.73. The predicted molar refractivity (Wildman–Crippen MR) is 81.4 cm³/mol. The quantitative estimate of drug-likeness (QED) is 0.598. The lowest BCUT2D eigenvalue weighted by molar-refractivity contribution is -0.117. The van der Waals surface area contributed by atoms with Crippen LogP contribution in [0.4, 0.5) is 0 Å². The Morgan fingerprint density at radius 1 is 0.818 bits per heavy atom. The largest absolute Gasteiger partial charge is 0.299 e. The van der Waals surface area contributed by atoms with E-state index >= 15 is 0 Å². The monoisotopic (exact) mass is 336 g/mol. The molecule has 2 aromatic rings. The molecular formula is C15H10Cl2N2O3. The average Bonchev–Trinajstić information content (AvgIpc) is 2.47. The number of rotatable bonds is 6. The zero-order chi connectivity index (χ0) is 16.1. The maximum atomic E-state index is 11.9. The smallest absolute Gasteiger partial charge is 0.188 e. The molecule has 7 heteroatoms. The van der Waals surface area contributed by atoms with Gasteiger partial charge in [0.05, 0.1) is 12.8 Å². The Morgan fingerprint density at radius 2 is 1.23 bits per heavy atom. The zero-order valence-electron chi connectivity index (χ0n) is 11.3. The van der Waals surface area contributed by atoms with Gasteiger partial charge < -0.3 is 0 Å². The molecule has 0 amide bonds. The van der Waals surface area contributed by atoms with Gasteiger partial charge in [0.15, 0.2) is 11.6 Å². The molecule has 0 aliphatic carbocycles. The molecular weight excluding hydrogens is 327 g/mol. The molecule has 0 N–H and O–H groups in total. The van der Waals surface area contributed by atoms with Crippen molar-refractivity contribution in [2.24, 2.45) is 0 Å². The number of carbonyl (C=O) groups excluding carboxylic acids is 3. The summed E-state index contributed by atoms with van der Waals surface area (Å²) in [5.41, 5.74) is 0.184. The molecule has 0 unspecified atom stereocenters. The molecule has 0 bridgehead atoms. The fraction of sp³-hybridized carbons (Fsp3) is 0.133. The van der Waals surface area contributed by atoms with Crippen molar-refractivity contribution in [3.63, 3.8) is 0 Å². The highest BCUT2D eigenvalue weighted by Gasteiger charge is 2.18. The SMILES string of the molecule is O=C(CC(=O)c1cc(Cl)ccn1)CC(=O)c1cc(Cl)ccn1. The molecule has 0 aliphatic heterocycles. The molecule has 0 spiro atoms. The maximum absolute atomic E-state index is 11.9. The Morgan fingerprint density at radius 3 is 1.59 bits per heavy atom. The van der Waals surface area contributed by atoms with E-state index in [1.165, 1.54) is 36.7 Å². The van der Waals surface area contributed by atoms with Crippen molar-refractivity contribution in [2.75, 3.05) is 0 Å². The highest BCUT2D eigenvalue weighted by Crippen LogP contribution is 2.12. The number of aromatic nitrogens is 2. The van der Waals surface area contributed by atoms with E-state index in [2.05, 4.69) is 9.97 Å². The molecule has 0 saturated carbocycles. The molecule has 0 saturated heterocycles. The predicted octanol–water partition coefficient (Wildman–Crippen LogP) is 3.20. The average molecular weight is 337 g/mol. The number of pyridine rings is 2. The van der Waals surface area contributed by atoms with Gasteiger partial charge in [-0.2, -0.15) is 0 Å². The van der Waals surface area contributed by atoms with Crippen molar-refractivity contribution >= 4 is 40.6 Å². The lowest BCUT2D eigenvalue weighted by Crippen LogP contribution is -2.14. The number of Topliss-reactive ketones (excluding diaryl/α,β-unsaturated/α-hetero) is 3. The van der Waals surface area contributed by atoms with E-state index in [4.69, 9.17) is 23.2 Å². The van der Waals surface area contributed by atoms with E-state index in [-0.39, 0.29) is 11.4 Å². The van der Waals surface area contributed by atoms with E-state index in [9.17, 15) is 14.4 Å². The van der Waals surface area contributed by atoms with Crippen molar-refractivity contribution in [3.8, 4) is 0 Å². The van der Waals surface area contributed by atoms with Gasteiger partial charge >= 0.3 is 0 Å². The Balaban J connectivity index is 1.98. The first-order valence-electron chi connectivity index (χ1n) is 6.27. The van der Waals surface area contributed by atoms with E-state index in [0.717, 1.165) is 0 Å². The van der Waals surface area contributed by atoms with Gasteiger partial charge in [-0.3, -0.25) is 24.4 Å². The summed E-state index contributed by atoms with van der Waals surface area (Å²) in [6.07, 6.45) is 1.92. The summed E-state index contributed by atoms with van der Waals surface area (Å²) in [6.45, 7) is 0. The van der Waals surface area contributed by atoms with Gasteiger partial charge in [-0.15, -0.1) is 0 Å². The second kappa shape index (κ2) is 7.24. The zero-order valence-corrected chi connectivity index (χ0v) is 12.8. The van der Waals surface area contributed by atoms with Crippen molar-refractivity contribution in [1.82, 2.24) is 9.97 Å². The summed E-state index contributed by atoms with van der Waals surface area (Å²) in [7, 11) is 0. The van der Waals surface area contributed by atoms with Crippen LogP contribution in [0, 0.1) is 0 Å². The van der Waals surface area contributed by atoms with E-state index in [0.29, 0.717) is 10.0 Å². The molecule has 0 aromatic carbocycles. The van der Waals surface area contributed by atoms with Crippen LogP contribution in [0.3, 0.4) is 0 Å². The normalized spacial score (nSPS) is 10.3. The molecule has 0 fully saturated rings. The third-order valence-corrected chi connectivity index (χ3v) is 3.20. The van der Waals surface area contributed by atoms with Crippen LogP contribution in [-0.2, 0) is 4.79 Å². The molecule has 2 heterocycles. The van der Waals surface area contributed by atoms with Gasteiger partial charge in [-0.05, 0) is 24.3 Å².